The summed E-state index contributed by atoms with van der Waals surface area (Å²) in [6.45, 7) is 2.99. The summed E-state index contributed by atoms with van der Waals surface area (Å²) in [5.74, 6) is -0.224. The van der Waals surface area contributed by atoms with Crippen LogP contribution in [0, 0.1) is 5.82 Å². The first-order chi connectivity index (χ1) is 9.22. The second-order valence-electron chi connectivity index (χ2n) is 4.31. The molecule has 0 aliphatic rings. The third kappa shape index (κ3) is 3.61. The number of aromatic nitrogens is 1. The minimum atomic E-state index is -0.224. The van der Waals surface area contributed by atoms with E-state index in [-0.39, 0.29) is 11.9 Å². The van der Waals surface area contributed by atoms with Crippen LogP contribution in [-0.2, 0) is 0 Å². The molecule has 0 amide bonds. The van der Waals surface area contributed by atoms with Gasteiger partial charge in [-0.25, -0.2) is 4.39 Å². The maximum atomic E-state index is 13.0. The lowest BCUT2D eigenvalue weighted by atomic mass is 10.0. The molecule has 0 aliphatic heterocycles. The molecule has 1 N–H and O–H groups in total. The van der Waals surface area contributed by atoms with E-state index in [4.69, 9.17) is 0 Å². The van der Waals surface area contributed by atoms with E-state index in [2.05, 4.69) is 33.2 Å². The molecule has 0 fully saturated rings. The van der Waals surface area contributed by atoms with Crippen LogP contribution in [0.15, 0.2) is 47.1 Å². The van der Waals surface area contributed by atoms with Gasteiger partial charge < -0.3 is 5.32 Å². The summed E-state index contributed by atoms with van der Waals surface area (Å²) in [7, 11) is 0. The van der Waals surface area contributed by atoms with E-state index in [1.54, 1.807) is 18.3 Å². The normalized spacial score (nSPS) is 12.4. The van der Waals surface area contributed by atoms with Crippen LogP contribution in [0.5, 0.6) is 0 Å². The molecule has 2 rings (SSSR count). The number of halogens is 2. The van der Waals surface area contributed by atoms with E-state index >= 15 is 0 Å². The van der Waals surface area contributed by atoms with Crippen molar-refractivity contribution in [2.45, 2.75) is 19.4 Å². The molecule has 1 aromatic heterocycles. The smallest absolute Gasteiger partial charge is 0.123 e. The number of hydrogen-bond donors (Lipinski definition) is 1. The van der Waals surface area contributed by atoms with Crippen molar-refractivity contribution in [1.29, 1.82) is 0 Å². The minimum absolute atomic E-state index is 0.0314. The van der Waals surface area contributed by atoms with E-state index < -0.39 is 0 Å². The van der Waals surface area contributed by atoms with Crippen LogP contribution < -0.4 is 5.32 Å². The molecule has 1 atom stereocenters. The maximum Gasteiger partial charge on any atom is 0.123 e. The monoisotopic (exact) mass is 322 g/mol. The Morgan fingerprint density at radius 2 is 2.00 bits per heavy atom. The fourth-order valence-electron chi connectivity index (χ4n) is 1.93. The molecule has 100 valence electrons. The second kappa shape index (κ2) is 6.78. The van der Waals surface area contributed by atoms with Gasteiger partial charge in [0.25, 0.3) is 0 Å². The van der Waals surface area contributed by atoms with E-state index in [1.165, 1.54) is 12.1 Å². The van der Waals surface area contributed by atoms with Gasteiger partial charge in [-0.2, -0.15) is 0 Å². The molecular weight excluding hydrogens is 307 g/mol. The molecule has 2 aromatic rings. The summed E-state index contributed by atoms with van der Waals surface area (Å²) in [5.41, 5.74) is 1.93. The molecule has 1 aromatic carbocycles. The fraction of sp³-hybridized carbons (Fsp3) is 0.267. The molecular formula is C15H16BrFN2. The van der Waals surface area contributed by atoms with Crippen molar-refractivity contribution >= 4 is 15.9 Å². The molecule has 0 radical (unpaired) electrons. The van der Waals surface area contributed by atoms with Gasteiger partial charge in [-0.15, -0.1) is 0 Å². The molecule has 0 bridgehead atoms. The Bertz CT molecular complexity index is 528. The van der Waals surface area contributed by atoms with E-state index in [0.717, 1.165) is 28.7 Å². The van der Waals surface area contributed by atoms with Crippen LogP contribution in [0.4, 0.5) is 4.39 Å². The van der Waals surface area contributed by atoms with Gasteiger partial charge in [0, 0.05) is 10.7 Å². The Balaban J connectivity index is 2.35. The first-order valence-electron chi connectivity index (χ1n) is 6.31. The number of rotatable bonds is 5. The zero-order chi connectivity index (χ0) is 13.7. The predicted molar refractivity (Wildman–Crippen MR) is 78.5 cm³/mol. The van der Waals surface area contributed by atoms with Gasteiger partial charge >= 0.3 is 0 Å². The number of nitrogens with one attached hydrogen (secondary N) is 1. The molecule has 0 aliphatic carbocycles. The summed E-state index contributed by atoms with van der Waals surface area (Å²) < 4.78 is 14.0. The van der Waals surface area contributed by atoms with Crippen LogP contribution in [0.1, 0.15) is 30.6 Å². The first kappa shape index (κ1) is 14.2. The number of hydrogen-bond acceptors (Lipinski definition) is 2. The standard InChI is InChI=1S/C15H16BrFN2/c1-2-9-18-14(11-5-7-12(17)8-6-11)15-13(16)4-3-10-19-15/h3-8,10,14,18H,2,9H2,1H3. The number of benzene rings is 1. The average Bonchev–Trinajstić information content (AvgIpc) is 2.43. The fourth-order valence-corrected chi connectivity index (χ4v) is 2.41. The molecule has 1 heterocycles. The molecule has 1 unspecified atom stereocenters. The maximum absolute atomic E-state index is 13.0. The third-order valence-corrected chi connectivity index (χ3v) is 3.53. The summed E-state index contributed by atoms with van der Waals surface area (Å²) >= 11 is 3.52. The molecule has 0 saturated heterocycles. The highest BCUT2D eigenvalue weighted by molar-refractivity contribution is 9.10. The quantitative estimate of drug-likeness (QED) is 0.897. The lowest BCUT2D eigenvalue weighted by Gasteiger charge is -2.19. The highest BCUT2D eigenvalue weighted by atomic mass is 79.9. The minimum Gasteiger partial charge on any atom is -0.305 e. The van der Waals surface area contributed by atoms with Crippen LogP contribution >= 0.6 is 15.9 Å². The lowest BCUT2D eigenvalue weighted by Crippen LogP contribution is -2.24. The van der Waals surface area contributed by atoms with Crippen LogP contribution in [0.3, 0.4) is 0 Å². The van der Waals surface area contributed by atoms with Crippen LogP contribution in [0.2, 0.25) is 0 Å². The lowest BCUT2D eigenvalue weighted by molar-refractivity contribution is 0.580. The van der Waals surface area contributed by atoms with Crippen molar-refractivity contribution in [3.63, 3.8) is 0 Å². The molecule has 0 saturated carbocycles. The van der Waals surface area contributed by atoms with Crippen molar-refractivity contribution in [2.75, 3.05) is 6.54 Å². The molecule has 2 nitrogen and oxygen atoms in total. The SMILES string of the molecule is CCCNC(c1ccc(F)cc1)c1ncccc1Br. The Hall–Kier alpha value is -1.26. The van der Waals surface area contributed by atoms with E-state index in [9.17, 15) is 4.39 Å². The zero-order valence-corrected chi connectivity index (χ0v) is 12.3. The summed E-state index contributed by atoms with van der Waals surface area (Å²) in [5, 5.41) is 3.45. The van der Waals surface area contributed by atoms with Gasteiger partial charge in [0.2, 0.25) is 0 Å². The Morgan fingerprint density at radius 3 is 2.63 bits per heavy atom. The second-order valence-corrected chi connectivity index (χ2v) is 5.16. The number of nitrogens with zero attached hydrogens (tertiary/aromatic N) is 1. The zero-order valence-electron chi connectivity index (χ0n) is 10.7. The highest BCUT2D eigenvalue weighted by Crippen LogP contribution is 2.26. The Labute approximate surface area is 121 Å². The highest BCUT2D eigenvalue weighted by Gasteiger charge is 2.17. The van der Waals surface area contributed by atoms with Crippen molar-refractivity contribution in [3.05, 3.63) is 64.1 Å². The molecule has 19 heavy (non-hydrogen) atoms. The summed E-state index contributed by atoms with van der Waals surface area (Å²) in [6, 6.07) is 10.4. The van der Waals surface area contributed by atoms with Crippen molar-refractivity contribution < 1.29 is 4.39 Å². The van der Waals surface area contributed by atoms with Gasteiger partial charge in [-0.05, 0) is 58.7 Å². The van der Waals surface area contributed by atoms with Gasteiger partial charge in [-0.3, -0.25) is 4.98 Å². The number of pyridine rings is 1. The third-order valence-electron chi connectivity index (χ3n) is 2.86. The summed E-state index contributed by atoms with van der Waals surface area (Å²) in [6.07, 6.45) is 2.80. The van der Waals surface area contributed by atoms with Crippen LogP contribution in [0.25, 0.3) is 0 Å². The largest absolute Gasteiger partial charge is 0.305 e. The van der Waals surface area contributed by atoms with E-state index in [0.29, 0.717) is 0 Å². The van der Waals surface area contributed by atoms with E-state index in [1.807, 2.05) is 12.1 Å². The Morgan fingerprint density at radius 1 is 1.26 bits per heavy atom. The van der Waals surface area contributed by atoms with Crippen molar-refractivity contribution in [2.24, 2.45) is 0 Å². The predicted octanol–water partition coefficient (Wildman–Crippen LogP) is 4.07. The summed E-state index contributed by atoms with van der Waals surface area (Å²) in [4.78, 5) is 4.43. The molecule has 4 heteroatoms. The topological polar surface area (TPSA) is 24.9 Å². The van der Waals surface area contributed by atoms with Gasteiger partial charge in [0.15, 0.2) is 0 Å². The van der Waals surface area contributed by atoms with Crippen molar-refractivity contribution in [3.8, 4) is 0 Å². The molecule has 0 spiro atoms. The van der Waals surface area contributed by atoms with Crippen molar-refractivity contribution in [1.82, 2.24) is 10.3 Å². The average molecular weight is 323 g/mol. The first-order valence-corrected chi connectivity index (χ1v) is 7.11. The Kier molecular flexibility index (Phi) is 5.05. The van der Waals surface area contributed by atoms with Gasteiger partial charge in [-0.1, -0.05) is 19.1 Å². The van der Waals surface area contributed by atoms with Gasteiger partial charge in [0.05, 0.1) is 11.7 Å². The van der Waals surface area contributed by atoms with Crippen LogP contribution in [-0.4, -0.2) is 11.5 Å². The van der Waals surface area contributed by atoms with Gasteiger partial charge in [0.1, 0.15) is 5.82 Å².